The molecule has 0 saturated heterocycles. The van der Waals surface area contributed by atoms with Gasteiger partial charge in [0.1, 0.15) is 0 Å². The Morgan fingerprint density at radius 3 is 2.20 bits per heavy atom. The first-order valence-corrected chi connectivity index (χ1v) is 5.33. The van der Waals surface area contributed by atoms with Crippen molar-refractivity contribution in [3.8, 4) is 0 Å². The molecule has 0 aliphatic heterocycles. The lowest BCUT2D eigenvalue weighted by Crippen LogP contribution is -2.24. The van der Waals surface area contributed by atoms with Gasteiger partial charge in [-0.3, -0.25) is 0 Å². The summed E-state index contributed by atoms with van der Waals surface area (Å²) in [4.78, 5) is 2.05. The second-order valence-electron chi connectivity index (χ2n) is 4.38. The summed E-state index contributed by atoms with van der Waals surface area (Å²) in [6, 6.07) is 4.35. The van der Waals surface area contributed by atoms with E-state index in [1.54, 1.807) is 0 Å². The molecule has 2 heteroatoms. The van der Waals surface area contributed by atoms with Crippen LogP contribution in [-0.2, 0) is 0 Å². The predicted molar refractivity (Wildman–Crippen MR) is 64.2 cm³/mol. The minimum Gasteiger partial charge on any atom is -0.394 e. The van der Waals surface area contributed by atoms with Crippen LogP contribution in [0.3, 0.4) is 0 Å². The Bertz CT molecular complexity index is 345. The van der Waals surface area contributed by atoms with Crippen LogP contribution in [0.25, 0.3) is 0 Å². The Morgan fingerprint density at radius 1 is 1.13 bits per heavy atom. The van der Waals surface area contributed by atoms with Gasteiger partial charge in [-0.05, 0) is 57.1 Å². The second kappa shape index (κ2) is 4.77. The van der Waals surface area contributed by atoms with Crippen molar-refractivity contribution in [1.82, 2.24) is 4.90 Å². The highest BCUT2D eigenvalue weighted by molar-refractivity contribution is 5.40. The number of hydrogen-bond acceptors (Lipinski definition) is 2. The van der Waals surface area contributed by atoms with E-state index in [4.69, 9.17) is 0 Å². The molecule has 0 aliphatic carbocycles. The van der Waals surface area contributed by atoms with E-state index in [-0.39, 0.29) is 12.6 Å². The highest BCUT2D eigenvalue weighted by Crippen LogP contribution is 2.25. The van der Waals surface area contributed by atoms with Crippen LogP contribution in [0.4, 0.5) is 0 Å². The fourth-order valence-corrected chi connectivity index (χ4v) is 1.88. The van der Waals surface area contributed by atoms with E-state index in [2.05, 4.69) is 37.8 Å². The molecule has 1 N–H and O–H groups in total. The van der Waals surface area contributed by atoms with E-state index in [1.165, 1.54) is 22.3 Å². The molecule has 0 aromatic heterocycles. The fraction of sp³-hybridized carbons (Fsp3) is 0.538. The van der Waals surface area contributed by atoms with Crippen LogP contribution >= 0.6 is 0 Å². The van der Waals surface area contributed by atoms with Crippen molar-refractivity contribution in [3.05, 3.63) is 34.4 Å². The molecule has 0 saturated carbocycles. The van der Waals surface area contributed by atoms with Gasteiger partial charge in [0, 0.05) is 0 Å². The zero-order chi connectivity index (χ0) is 11.6. The Labute approximate surface area is 92.5 Å². The van der Waals surface area contributed by atoms with E-state index in [1.807, 2.05) is 14.1 Å². The SMILES string of the molecule is Cc1ccc(C(CO)N(C)C)c(C)c1C. The average molecular weight is 207 g/mol. The van der Waals surface area contributed by atoms with Crippen LogP contribution in [0.5, 0.6) is 0 Å². The Balaban J connectivity index is 3.19. The first-order valence-electron chi connectivity index (χ1n) is 5.33. The third-order valence-corrected chi connectivity index (χ3v) is 3.26. The minimum absolute atomic E-state index is 0.101. The molecule has 1 rings (SSSR count). The maximum absolute atomic E-state index is 9.39. The molecule has 0 amide bonds. The van der Waals surface area contributed by atoms with Crippen LogP contribution in [0.15, 0.2) is 12.1 Å². The van der Waals surface area contributed by atoms with Gasteiger partial charge in [0.05, 0.1) is 12.6 Å². The van der Waals surface area contributed by atoms with Crippen molar-refractivity contribution in [2.75, 3.05) is 20.7 Å². The maximum atomic E-state index is 9.39. The summed E-state index contributed by atoms with van der Waals surface area (Å²) in [6.07, 6.45) is 0. The lowest BCUT2D eigenvalue weighted by atomic mass is 9.94. The van der Waals surface area contributed by atoms with E-state index < -0.39 is 0 Å². The number of nitrogens with zero attached hydrogens (tertiary/aromatic N) is 1. The highest BCUT2D eigenvalue weighted by atomic mass is 16.3. The van der Waals surface area contributed by atoms with E-state index >= 15 is 0 Å². The van der Waals surface area contributed by atoms with Crippen molar-refractivity contribution >= 4 is 0 Å². The van der Waals surface area contributed by atoms with Crippen molar-refractivity contribution in [1.29, 1.82) is 0 Å². The molecule has 1 aromatic carbocycles. The Kier molecular flexibility index (Phi) is 3.89. The van der Waals surface area contributed by atoms with Crippen LogP contribution in [0.2, 0.25) is 0 Å². The molecule has 0 bridgehead atoms. The zero-order valence-corrected chi connectivity index (χ0v) is 10.3. The molecule has 15 heavy (non-hydrogen) atoms. The zero-order valence-electron chi connectivity index (χ0n) is 10.3. The Hall–Kier alpha value is -0.860. The predicted octanol–water partition coefficient (Wildman–Crippen LogP) is 2.21. The normalized spacial score (nSPS) is 13.3. The largest absolute Gasteiger partial charge is 0.394 e. The summed E-state index contributed by atoms with van der Waals surface area (Å²) in [6.45, 7) is 6.55. The van der Waals surface area contributed by atoms with Crippen molar-refractivity contribution < 1.29 is 5.11 Å². The second-order valence-corrected chi connectivity index (χ2v) is 4.38. The number of benzene rings is 1. The first kappa shape index (κ1) is 12.2. The third-order valence-electron chi connectivity index (χ3n) is 3.26. The van der Waals surface area contributed by atoms with Crippen molar-refractivity contribution in [2.24, 2.45) is 0 Å². The van der Waals surface area contributed by atoms with E-state index in [0.717, 1.165) is 0 Å². The molecule has 1 unspecified atom stereocenters. The standard InChI is InChI=1S/C13H21NO/c1-9-6-7-12(11(3)10(9)2)13(8-15)14(4)5/h6-7,13,15H,8H2,1-5H3. The molecule has 2 nitrogen and oxygen atoms in total. The van der Waals surface area contributed by atoms with Crippen LogP contribution in [-0.4, -0.2) is 30.7 Å². The molecule has 0 radical (unpaired) electrons. The van der Waals surface area contributed by atoms with Gasteiger partial charge >= 0.3 is 0 Å². The van der Waals surface area contributed by atoms with Crippen LogP contribution in [0.1, 0.15) is 28.3 Å². The molecule has 0 spiro atoms. The molecule has 0 aliphatic rings. The summed E-state index contributed by atoms with van der Waals surface area (Å²) in [7, 11) is 3.99. The third kappa shape index (κ3) is 2.39. The van der Waals surface area contributed by atoms with Gasteiger partial charge in [-0.15, -0.1) is 0 Å². The molecule has 0 fully saturated rings. The Morgan fingerprint density at radius 2 is 1.73 bits per heavy atom. The van der Waals surface area contributed by atoms with Gasteiger partial charge in [0.25, 0.3) is 0 Å². The number of aliphatic hydroxyl groups excluding tert-OH is 1. The molecular weight excluding hydrogens is 186 g/mol. The van der Waals surface area contributed by atoms with Gasteiger partial charge < -0.3 is 10.0 Å². The van der Waals surface area contributed by atoms with Crippen LogP contribution in [0, 0.1) is 20.8 Å². The number of aliphatic hydroxyl groups is 1. The summed E-state index contributed by atoms with van der Waals surface area (Å²) in [5.41, 5.74) is 5.16. The minimum atomic E-state index is 0.101. The van der Waals surface area contributed by atoms with Gasteiger partial charge in [0.2, 0.25) is 0 Å². The molecule has 0 heterocycles. The lowest BCUT2D eigenvalue weighted by molar-refractivity contribution is 0.170. The van der Waals surface area contributed by atoms with Crippen molar-refractivity contribution in [2.45, 2.75) is 26.8 Å². The average Bonchev–Trinajstić information content (AvgIpc) is 2.18. The quantitative estimate of drug-likeness (QED) is 0.821. The van der Waals surface area contributed by atoms with Gasteiger partial charge in [-0.25, -0.2) is 0 Å². The highest BCUT2D eigenvalue weighted by Gasteiger charge is 2.16. The van der Waals surface area contributed by atoms with E-state index in [9.17, 15) is 5.11 Å². The maximum Gasteiger partial charge on any atom is 0.0628 e. The number of aryl methyl sites for hydroxylation is 1. The van der Waals surface area contributed by atoms with E-state index in [0.29, 0.717) is 0 Å². The first-order chi connectivity index (χ1) is 6.99. The van der Waals surface area contributed by atoms with Gasteiger partial charge in [-0.1, -0.05) is 12.1 Å². The van der Waals surface area contributed by atoms with Crippen molar-refractivity contribution in [3.63, 3.8) is 0 Å². The topological polar surface area (TPSA) is 23.5 Å². The molecule has 1 aromatic rings. The fourth-order valence-electron chi connectivity index (χ4n) is 1.88. The molecular formula is C13H21NO. The number of likely N-dealkylation sites (N-methyl/N-ethyl adjacent to an activating group) is 1. The molecule has 84 valence electrons. The summed E-state index contributed by atoms with van der Waals surface area (Å²) < 4.78 is 0. The van der Waals surface area contributed by atoms with Gasteiger partial charge in [-0.2, -0.15) is 0 Å². The molecule has 1 atom stereocenters. The smallest absolute Gasteiger partial charge is 0.0628 e. The number of hydrogen-bond donors (Lipinski definition) is 1. The summed E-state index contributed by atoms with van der Waals surface area (Å²) >= 11 is 0. The summed E-state index contributed by atoms with van der Waals surface area (Å²) in [5, 5.41) is 9.39. The number of rotatable bonds is 3. The van der Waals surface area contributed by atoms with Crippen LogP contribution < -0.4 is 0 Å². The summed E-state index contributed by atoms with van der Waals surface area (Å²) in [5.74, 6) is 0. The monoisotopic (exact) mass is 207 g/mol. The van der Waals surface area contributed by atoms with Gasteiger partial charge in [0.15, 0.2) is 0 Å². The lowest BCUT2D eigenvalue weighted by Gasteiger charge is -2.25.